The van der Waals surface area contributed by atoms with Gasteiger partial charge in [-0.1, -0.05) is 50.8 Å². The van der Waals surface area contributed by atoms with E-state index < -0.39 is 0 Å². The van der Waals surface area contributed by atoms with Crippen LogP contribution < -0.4 is 5.32 Å². The minimum atomic E-state index is -0.269. The monoisotopic (exact) mass is 347 g/mol. The second-order valence-corrected chi connectivity index (χ2v) is 8.31. The van der Waals surface area contributed by atoms with E-state index in [9.17, 15) is 4.79 Å². The van der Waals surface area contributed by atoms with Crippen LogP contribution >= 0.6 is 0 Å². The molecule has 1 heterocycles. The molecule has 1 saturated carbocycles. The van der Waals surface area contributed by atoms with Crippen molar-refractivity contribution in [1.29, 1.82) is 0 Å². The maximum Gasteiger partial charge on any atom is 0.407 e. The van der Waals surface area contributed by atoms with Gasteiger partial charge in [0.15, 0.2) is 0 Å². The fourth-order valence-corrected chi connectivity index (χ4v) is 5.17. The van der Waals surface area contributed by atoms with Crippen LogP contribution in [0.25, 0.3) is 0 Å². The summed E-state index contributed by atoms with van der Waals surface area (Å²) in [4.78, 5) is 12.3. The SMILES string of the molecule is C=C[C@@H]1OC[C@]2(COC(=O)NC3CCCCC3)[C@H](C)[C@@H]1C(C)=C[C@@H]2C. The maximum absolute atomic E-state index is 12.3. The van der Waals surface area contributed by atoms with Crippen LogP contribution in [0.1, 0.15) is 52.9 Å². The first kappa shape index (κ1) is 18.5. The normalized spacial score (nSPS) is 38.6. The molecule has 140 valence electrons. The van der Waals surface area contributed by atoms with Crippen molar-refractivity contribution >= 4 is 6.09 Å². The lowest BCUT2D eigenvalue weighted by molar-refractivity contribution is -0.149. The van der Waals surface area contributed by atoms with E-state index in [0.29, 0.717) is 31.0 Å². The van der Waals surface area contributed by atoms with Gasteiger partial charge in [0.2, 0.25) is 0 Å². The Balaban J connectivity index is 1.66. The van der Waals surface area contributed by atoms with Gasteiger partial charge in [0.05, 0.1) is 12.7 Å². The molecule has 5 atom stereocenters. The average molecular weight is 347 g/mol. The standard InChI is InChI=1S/C21H33NO3/c1-5-18-19-14(2)11-15(3)21(12-24-18,16(19)4)13-25-20(23)22-17-9-7-6-8-10-17/h5,11,15-19H,1,6-10,12-13H2,2-4H3,(H,22,23)/t15-,16+,18-,19-,21+/m0/s1. The summed E-state index contributed by atoms with van der Waals surface area (Å²) < 4.78 is 11.8. The number of fused-ring (bicyclic) bond motifs is 2. The van der Waals surface area contributed by atoms with Gasteiger partial charge in [0.25, 0.3) is 0 Å². The molecular weight excluding hydrogens is 314 g/mol. The number of amides is 1. The summed E-state index contributed by atoms with van der Waals surface area (Å²) in [6.45, 7) is 11.6. The van der Waals surface area contributed by atoms with Crippen LogP contribution in [0.2, 0.25) is 0 Å². The lowest BCUT2D eigenvalue weighted by Gasteiger charge is -2.54. The topological polar surface area (TPSA) is 47.6 Å². The van der Waals surface area contributed by atoms with Crippen molar-refractivity contribution in [3.05, 3.63) is 24.3 Å². The van der Waals surface area contributed by atoms with Gasteiger partial charge in [0, 0.05) is 17.4 Å². The Hall–Kier alpha value is -1.29. The van der Waals surface area contributed by atoms with E-state index in [1.54, 1.807) is 0 Å². The summed E-state index contributed by atoms with van der Waals surface area (Å²) in [7, 11) is 0. The third-order valence-corrected chi connectivity index (χ3v) is 6.92. The van der Waals surface area contributed by atoms with Crippen LogP contribution in [0.4, 0.5) is 4.79 Å². The molecule has 4 heteroatoms. The van der Waals surface area contributed by atoms with E-state index in [0.717, 1.165) is 12.8 Å². The van der Waals surface area contributed by atoms with Gasteiger partial charge >= 0.3 is 6.09 Å². The molecule has 1 amide bonds. The van der Waals surface area contributed by atoms with Gasteiger partial charge < -0.3 is 14.8 Å². The van der Waals surface area contributed by atoms with E-state index in [2.05, 4.69) is 38.7 Å². The molecule has 2 aliphatic carbocycles. The molecule has 1 aliphatic heterocycles. The maximum atomic E-state index is 12.3. The number of alkyl carbamates (subject to hydrolysis) is 1. The number of carbonyl (C=O) groups is 1. The summed E-state index contributed by atoms with van der Waals surface area (Å²) in [5.74, 6) is 1.05. The Labute approximate surface area is 152 Å². The van der Waals surface area contributed by atoms with Gasteiger partial charge in [-0.05, 0) is 31.6 Å². The van der Waals surface area contributed by atoms with E-state index in [1.165, 1.54) is 24.8 Å². The lowest BCUT2D eigenvalue weighted by Crippen LogP contribution is -2.56. The lowest BCUT2D eigenvalue weighted by atomic mass is 9.56. The molecule has 3 rings (SSSR count). The molecular formula is C21H33NO3. The van der Waals surface area contributed by atoms with E-state index in [4.69, 9.17) is 9.47 Å². The van der Waals surface area contributed by atoms with Crippen molar-refractivity contribution in [2.75, 3.05) is 13.2 Å². The second kappa shape index (κ2) is 7.53. The summed E-state index contributed by atoms with van der Waals surface area (Å²) in [6, 6.07) is 0.280. The zero-order valence-electron chi connectivity index (χ0n) is 15.9. The number of allylic oxidation sites excluding steroid dienone is 1. The average Bonchev–Trinajstić information content (AvgIpc) is 2.59. The highest BCUT2D eigenvalue weighted by Gasteiger charge is 2.53. The first-order valence-electron chi connectivity index (χ1n) is 9.83. The first-order chi connectivity index (χ1) is 12.0. The number of rotatable bonds is 4. The first-order valence-corrected chi connectivity index (χ1v) is 9.83. The Morgan fingerprint density at radius 3 is 2.80 bits per heavy atom. The molecule has 0 aromatic carbocycles. The summed E-state index contributed by atoms with van der Waals surface area (Å²) >= 11 is 0. The molecule has 0 radical (unpaired) electrons. The van der Waals surface area contributed by atoms with Gasteiger partial charge in [-0.2, -0.15) is 0 Å². The fraction of sp³-hybridized carbons (Fsp3) is 0.762. The quantitative estimate of drug-likeness (QED) is 0.764. The van der Waals surface area contributed by atoms with Crippen molar-refractivity contribution in [3.63, 3.8) is 0 Å². The highest BCUT2D eigenvalue weighted by atomic mass is 16.6. The van der Waals surface area contributed by atoms with Crippen LogP contribution in [0, 0.1) is 23.2 Å². The molecule has 4 nitrogen and oxygen atoms in total. The predicted molar refractivity (Wildman–Crippen MR) is 99.3 cm³/mol. The number of hydrogen-bond donors (Lipinski definition) is 1. The van der Waals surface area contributed by atoms with Crippen LogP contribution in [0.15, 0.2) is 24.3 Å². The minimum Gasteiger partial charge on any atom is -0.449 e. The predicted octanol–water partition coefficient (Wildman–Crippen LogP) is 4.46. The van der Waals surface area contributed by atoms with Gasteiger partial charge in [-0.3, -0.25) is 0 Å². The van der Waals surface area contributed by atoms with E-state index in [-0.39, 0.29) is 23.7 Å². The van der Waals surface area contributed by atoms with Crippen LogP contribution in [-0.4, -0.2) is 31.5 Å². The van der Waals surface area contributed by atoms with Crippen molar-refractivity contribution in [2.45, 2.75) is 65.0 Å². The molecule has 2 bridgehead atoms. The second-order valence-electron chi connectivity index (χ2n) is 8.31. The number of hydrogen-bond acceptors (Lipinski definition) is 3. The fourth-order valence-electron chi connectivity index (χ4n) is 5.17. The summed E-state index contributed by atoms with van der Waals surface area (Å²) in [5, 5.41) is 3.05. The highest BCUT2D eigenvalue weighted by Crippen LogP contribution is 2.52. The third-order valence-electron chi connectivity index (χ3n) is 6.92. The molecule has 0 aromatic rings. The molecule has 1 N–H and O–H groups in total. The van der Waals surface area contributed by atoms with Crippen LogP contribution in [0.5, 0.6) is 0 Å². The van der Waals surface area contributed by atoms with Crippen molar-refractivity contribution < 1.29 is 14.3 Å². The molecule has 0 aromatic heterocycles. The molecule has 0 spiro atoms. The Kier molecular flexibility index (Phi) is 5.57. The third kappa shape index (κ3) is 3.51. The Morgan fingerprint density at radius 1 is 1.40 bits per heavy atom. The van der Waals surface area contributed by atoms with Gasteiger partial charge in [-0.25, -0.2) is 4.79 Å². The van der Waals surface area contributed by atoms with E-state index >= 15 is 0 Å². The largest absolute Gasteiger partial charge is 0.449 e. The highest BCUT2D eigenvalue weighted by molar-refractivity contribution is 5.67. The number of ether oxygens (including phenoxy) is 2. The summed E-state index contributed by atoms with van der Waals surface area (Å²) in [5.41, 5.74) is 1.22. The number of carbonyl (C=O) groups excluding carboxylic acids is 1. The van der Waals surface area contributed by atoms with Crippen LogP contribution in [-0.2, 0) is 9.47 Å². The molecule has 3 aliphatic rings. The molecule has 0 unspecified atom stereocenters. The molecule has 2 fully saturated rings. The number of nitrogens with one attached hydrogen (secondary N) is 1. The van der Waals surface area contributed by atoms with Gasteiger partial charge in [-0.15, -0.1) is 6.58 Å². The van der Waals surface area contributed by atoms with Crippen molar-refractivity contribution in [3.8, 4) is 0 Å². The molecule has 25 heavy (non-hydrogen) atoms. The zero-order valence-corrected chi connectivity index (χ0v) is 15.9. The van der Waals surface area contributed by atoms with E-state index in [1.807, 2.05) is 6.08 Å². The molecule has 1 saturated heterocycles. The van der Waals surface area contributed by atoms with Gasteiger partial charge in [0.1, 0.15) is 6.61 Å². The Morgan fingerprint density at radius 2 is 2.12 bits per heavy atom. The summed E-state index contributed by atoms with van der Waals surface area (Å²) in [6.07, 6.45) is 9.86. The van der Waals surface area contributed by atoms with Crippen molar-refractivity contribution in [1.82, 2.24) is 5.32 Å². The van der Waals surface area contributed by atoms with Crippen molar-refractivity contribution in [2.24, 2.45) is 23.2 Å². The minimum absolute atomic E-state index is 0.0583. The van der Waals surface area contributed by atoms with Crippen LogP contribution in [0.3, 0.4) is 0 Å². The zero-order chi connectivity index (χ0) is 18.0. The smallest absolute Gasteiger partial charge is 0.407 e. The Bertz CT molecular complexity index is 537.